The molecule has 2 N–H and O–H groups in total. The molecule has 0 saturated heterocycles. The smallest absolute Gasteiger partial charge is 0.339 e. The SMILES string of the molecule is CCCCCCOC(=O)CC(O)(CC(=O)O)C(=O)OCC. The zero-order valence-electron chi connectivity index (χ0n) is 12.6. The zero-order chi connectivity index (χ0) is 16.3. The van der Waals surface area contributed by atoms with Gasteiger partial charge in [0.1, 0.15) is 0 Å². The topological polar surface area (TPSA) is 110 Å². The van der Waals surface area contributed by atoms with Crippen molar-refractivity contribution < 1.29 is 34.1 Å². The minimum absolute atomic E-state index is 0.0210. The van der Waals surface area contributed by atoms with Crippen molar-refractivity contribution in [3.05, 3.63) is 0 Å². The molecule has 122 valence electrons. The molecule has 0 rings (SSSR count). The van der Waals surface area contributed by atoms with Crippen molar-refractivity contribution in [1.82, 2.24) is 0 Å². The lowest BCUT2D eigenvalue weighted by atomic mass is 9.96. The molecule has 0 aliphatic carbocycles. The highest BCUT2D eigenvalue weighted by Gasteiger charge is 2.42. The van der Waals surface area contributed by atoms with E-state index in [-0.39, 0.29) is 13.2 Å². The Morgan fingerprint density at radius 3 is 2.19 bits per heavy atom. The highest BCUT2D eigenvalue weighted by atomic mass is 16.6. The molecule has 0 aliphatic rings. The molecule has 7 nitrogen and oxygen atoms in total. The summed E-state index contributed by atoms with van der Waals surface area (Å²) in [6, 6.07) is 0. The summed E-state index contributed by atoms with van der Waals surface area (Å²) in [5.74, 6) is -3.35. The van der Waals surface area contributed by atoms with Crippen LogP contribution in [-0.4, -0.2) is 46.9 Å². The third kappa shape index (κ3) is 8.29. The summed E-state index contributed by atoms with van der Waals surface area (Å²) in [5.41, 5.74) is -2.39. The van der Waals surface area contributed by atoms with Crippen LogP contribution in [0.3, 0.4) is 0 Å². The molecule has 0 saturated carbocycles. The molecule has 0 aromatic rings. The Hall–Kier alpha value is -1.63. The fraction of sp³-hybridized carbons (Fsp3) is 0.786. The molecule has 21 heavy (non-hydrogen) atoms. The average molecular weight is 304 g/mol. The summed E-state index contributed by atoms with van der Waals surface area (Å²) in [7, 11) is 0. The zero-order valence-corrected chi connectivity index (χ0v) is 12.6. The second-order valence-corrected chi connectivity index (χ2v) is 4.78. The van der Waals surface area contributed by atoms with Gasteiger partial charge in [-0.1, -0.05) is 26.2 Å². The van der Waals surface area contributed by atoms with Gasteiger partial charge in [-0.05, 0) is 13.3 Å². The van der Waals surface area contributed by atoms with Crippen molar-refractivity contribution in [2.24, 2.45) is 0 Å². The number of carbonyl (C=O) groups is 3. The lowest BCUT2D eigenvalue weighted by molar-refractivity contribution is -0.176. The van der Waals surface area contributed by atoms with Crippen LogP contribution < -0.4 is 0 Å². The van der Waals surface area contributed by atoms with Gasteiger partial charge in [-0.2, -0.15) is 0 Å². The molecule has 7 heteroatoms. The number of carboxylic acids is 1. The summed E-state index contributed by atoms with van der Waals surface area (Å²) in [6.45, 7) is 3.74. The third-order valence-electron chi connectivity index (χ3n) is 2.80. The van der Waals surface area contributed by atoms with Crippen molar-refractivity contribution in [1.29, 1.82) is 0 Å². The third-order valence-corrected chi connectivity index (χ3v) is 2.80. The van der Waals surface area contributed by atoms with Crippen LogP contribution in [0, 0.1) is 0 Å². The standard InChI is InChI=1S/C14H24O7/c1-3-5-6-7-8-21-12(17)10-14(19,9-11(15)16)13(18)20-4-2/h19H,3-10H2,1-2H3,(H,15,16). The van der Waals surface area contributed by atoms with Crippen LogP contribution in [0.2, 0.25) is 0 Å². The van der Waals surface area contributed by atoms with E-state index in [0.717, 1.165) is 19.3 Å². The van der Waals surface area contributed by atoms with E-state index in [1.165, 1.54) is 6.92 Å². The van der Waals surface area contributed by atoms with Crippen LogP contribution in [0.4, 0.5) is 0 Å². The maximum absolute atomic E-state index is 11.6. The number of aliphatic hydroxyl groups is 1. The van der Waals surface area contributed by atoms with Crippen LogP contribution in [0.5, 0.6) is 0 Å². The highest BCUT2D eigenvalue weighted by Crippen LogP contribution is 2.19. The van der Waals surface area contributed by atoms with Crippen molar-refractivity contribution in [2.45, 2.75) is 58.0 Å². The monoisotopic (exact) mass is 304 g/mol. The summed E-state index contributed by atoms with van der Waals surface area (Å²) < 4.78 is 9.50. The van der Waals surface area contributed by atoms with E-state index in [1.807, 2.05) is 0 Å². The Morgan fingerprint density at radius 2 is 1.67 bits per heavy atom. The summed E-state index contributed by atoms with van der Waals surface area (Å²) in [5, 5.41) is 18.8. The fourth-order valence-electron chi connectivity index (χ4n) is 1.73. The highest BCUT2D eigenvalue weighted by molar-refractivity contribution is 5.89. The Labute approximate surface area is 124 Å². The molecular weight excluding hydrogens is 280 g/mol. The van der Waals surface area contributed by atoms with Crippen molar-refractivity contribution in [2.75, 3.05) is 13.2 Å². The molecule has 0 aromatic carbocycles. The number of carboxylic acid groups (broad SMARTS) is 1. The molecule has 0 spiro atoms. The van der Waals surface area contributed by atoms with E-state index in [9.17, 15) is 19.5 Å². The van der Waals surface area contributed by atoms with Crippen molar-refractivity contribution in [3.8, 4) is 0 Å². The molecule has 0 radical (unpaired) electrons. The molecule has 0 heterocycles. The number of rotatable bonds is 11. The summed E-state index contributed by atoms with van der Waals surface area (Å²) >= 11 is 0. The number of hydrogen-bond donors (Lipinski definition) is 2. The van der Waals surface area contributed by atoms with Gasteiger partial charge in [-0.15, -0.1) is 0 Å². The van der Waals surface area contributed by atoms with Crippen LogP contribution in [-0.2, 0) is 23.9 Å². The predicted octanol–water partition coefficient (Wildman–Crippen LogP) is 1.27. The van der Waals surface area contributed by atoms with Crippen LogP contribution in [0.15, 0.2) is 0 Å². The first-order chi connectivity index (χ1) is 9.85. The molecule has 1 unspecified atom stereocenters. The van der Waals surface area contributed by atoms with E-state index < -0.39 is 36.4 Å². The van der Waals surface area contributed by atoms with Crippen molar-refractivity contribution >= 4 is 17.9 Å². The number of hydrogen-bond acceptors (Lipinski definition) is 6. The Bertz CT molecular complexity index is 353. The van der Waals surface area contributed by atoms with Gasteiger partial charge in [-0.25, -0.2) is 4.79 Å². The maximum atomic E-state index is 11.6. The van der Waals surface area contributed by atoms with Crippen LogP contribution >= 0.6 is 0 Å². The number of aliphatic carboxylic acids is 1. The van der Waals surface area contributed by atoms with Crippen molar-refractivity contribution in [3.63, 3.8) is 0 Å². The lowest BCUT2D eigenvalue weighted by Gasteiger charge is -2.23. The molecule has 1 atom stereocenters. The second kappa shape index (κ2) is 10.1. The van der Waals surface area contributed by atoms with Gasteiger partial charge in [-0.3, -0.25) is 9.59 Å². The van der Waals surface area contributed by atoms with E-state index in [2.05, 4.69) is 11.7 Å². The quantitative estimate of drug-likeness (QED) is 0.437. The Balaban J connectivity index is 4.42. The molecule has 0 fully saturated rings. The summed E-state index contributed by atoms with van der Waals surface area (Å²) in [4.78, 5) is 33.9. The first-order valence-corrected chi connectivity index (χ1v) is 7.12. The van der Waals surface area contributed by atoms with Gasteiger partial charge in [0, 0.05) is 0 Å². The van der Waals surface area contributed by atoms with Crippen LogP contribution in [0.25, 0.3) is 0 Å². The summed E-state index contributed by atoms with van der Waals surface area (Å²) in [6.07, 6.45) is 2.05. The normalized spacial score (nSPS) is 13.3. The van der Waals surface area contributed by atoms with E-state index in [4.69, 9.17) is 9.84 Å². The van der Waals surface area contributed by atoms with Gasteiger partial charge in [0.25, 0.3) is 0 Å². The molecular formula is C14H24O7. The van der Waals surface area contributed by atoms with Gasteiger partial charge >= 0.3 is 17.9 Å². The van der Waals surface area contributed by atoms with Gasteiger partial charge < -0.3 is 19.7 Å². The van der Waals surface area contributed by atoms with Gasteiger partial charge in [0.05, 0.1) is 26.1 Å². The number of carbonyl (C=O) groups excluding carboxylic acids is 2. The maximum Gasteiger partial charge on any atom is 0.339 e. The first-order valence-electron chi connectivity index (χ1n) is 7.12. The number of ether oxygens (including phenoxy) is 2. The minimum Gasteiger partial charge on any atom is -0.481 e. The fourth-order valence-corrected chi connectivity index (χ4v) is 1.73. The predicted molar refractivity (Wildman–Crippen MR) is 73.6 cm³/mol. The molecule has 0 aromatic heterocycles. The number of unbranched alkanes of at least 4 members (excludes halogenated alkanes) is 3. The van der Waals surface area contributed by atoms with Crippen LogP contribution in [0.1, 0.15) is 52.4 Å². The van der Waals surface area contributed by atoms with E-state index in [0.29, 0.717) is 6.42 Å². The Morgan fingerprint density at radius 1 is 1.00 bits per heavy atom. The molecule has 0 bridgehead atoms. The van der Waals surface area contributed by atoms with Gasteiger partial charge in [0.15, 0.2) is 5.60 Å². The molecule has 0 amide bonds. The van der Waals surface area contributed by atoms with Gasteiger partial charge in [0.2, 0.25) is 0 Å². The Kier molecular flexibility index (Phi) is 9.36. The largest absolute Gasteiger partial charge is 0.481 e. The number of esters is 2. The van der Waals surface area contributed by atoms with E-state index in [1.54, 1.807) is 0 Å². The lowest BCUT2D eigenvalue weighted by Crippen LogP contribution is -2.44. The molecule has 0 aliphatic heterocycles. The minimum atomic E-state index is -2.39. The first kappa shape index (κ1) is 19.4. The van der Waals surface area contributed by atoms with E-state index >= 15 is 0 Å². The second-order valence-electron chi connectivity index (χ2n) is 4.78. The average Bonchev–Trinajstić information content (AvgIpc) is 2.37.